The fourth-order valence-electron chi connectivity index (χ4n) is 1.25. The summed E-state index contributed by atoms with van der Waals surface area (Å²) in [5.41, 5.74) is 0.561. The summed E-state index contributed by atoms with van der Waals surface area (Å²) in [6.07, 6.45) is 3.93. The molecule has 1 heterocycles. The van der Waals surface area contributed by atoms with Crippen LogP contribution in [0.1, 0.15) is 42.8 Å². The van der Waals surface area contributed by atoms with Gasteiger partial charge in [-0.15, -0.1) is 0 Å². The number of esters is 1. The first-order valence-corrected chi connectivity index (χ1v) is 6.76. The molecular formula is C12H18O3S. The molecule has 0 aliphatic heterocycles. The lowest BCUT2D eigenvalue weighted by Gasteiger charge is -2.02. The Morgan fingerprint density at radius 2 is 2.31 bits per heavy atom. The number of ether oxygens (including phenoxy) is 1. The molecule has 16 heavy (non-hydrogen) atoms. The van der Waals surface area contributed by atoms with E-state index < -0.39 is 0 Å². The summed E-state index contributed by atoms with van der Waals surface area (Å²) in [5.74, 6) is 2.27. The summed E-state index contributed by atoms with van der Waals surface area (Å²) in [4.78, 5) is 11.5. The average molecular weight is 242 g/mol. The van der Waals surface area contributed by atoms with E-state index in [4.69, 9.17) is 9.15 Å². The molecule has 0 aromatic carbocycles. The van der Waals surface area contributed by atoms with Crippen LogP contribution in [0, 0.1) is 0 Å². The van der Waals surface area contributed by atoms with E-state index in [0.29, 0.717) is 12.2 Å². The van der Waals surface area contributed by atoms with Crippen LogP contribution in [0.25, 0.3) is 0 Å². The predicted octanol–water partition coefficient (Wildman–Crippen LogP) is 3.49. The molecule has 1 aromatic rings. The van der Waals surface area contributed by atoms with Crippen molar-refractivity contribution in [3.8, 4) is 0 Å². The second-order valence-electron chi connectivity index (χ2n) is 3.38. The molecule has 1 aromatic heterocycles. The topological polar surface area (TPSA) is 39.4 Å². The second-order valence-corrected chi connectivity index (χ2v) is 4.49. The van der Waals surface area contributed by atoms with Crippen molar-refractivity contribution in [1.82, 2.24) is 0 Å². The Morgan fingerprint density at radius 1 is 1.50 bits per heavy atom. The highest BCUT2D eigenvalue weighted by molar-refractivity contribution is 7.98. The van der Waals surface area contributed by atoms with Gasteiger partial charge in [-0.3, -0.25) is 0 Å². The van der Waals surface area contributed by atoms with E-state index in [1.807, 2.05) is 0 Å². The van der Waals surface area contributed by atoms with Crippen molar-refractivity contribution in [2.24, 2.45) is 0 Å². The Hall–Kier alpha value is -0.900. The Balaban J connectivity index is 2.47. The minimum absolute atomic E-state index is 0.289. The van der Waals surface area contributed by atoms with Crippen molar-refractivity contribution in [2.45, 2.75) is 32.4 Å². The molecule has 0 aliphatic rings. The van der Waals surface area contributed by atoms with Crippen molar-refractivity contribution >= 4 is 17.7 Å². The third-order valence-electron chi connectivity index (χ3n) is 2.12. The molecule has 3 nitrogen and oxygen atoms in total. The van der Waals surface area contributed by atoms with Crippen molar-refractivity contribution < 1.29 is 13.9 Å². The molecule has 0 radical (unpaired) electrons. The third kappa shape index (κ3) is 3.93. The minimum Gasteiger partial charge on any atom is -0.468 e. The zero-order valence-corrected chi connectivity index (χ0v) is 10.6. The summed E-state index contributed by atoms with van der Waals surface area (Å²) >= 11 is 1.78. The van der Waals surface area contributed by atoms with Gasteiger partial charge in [0.15, 0.2) is 0 Å². The van der Waals surface area contributed by atoms with Crippen LogP contribution in [0.4, 0.5) is 0 Å². The zero-order valence-electron chi connectivity index (χ0n) is 9.82. The van der Waals surface area contributed by atoms with E-state index in [1.165, 1.54) is 12.8 Å². The molecular weight excluding hydrogens is 224 g/mol. The van der Waals surface area contributed by atoms with Crippen molar-refractivity contribution in [3.63, 3.8) is 0 Å². The standard InChI is InChI=1S/C12H18O3S/c1-3-5-8-16-9-11-10(6-7-15-11)12(13)14-4-2/h6-7H,3-5,8-9H2,1-2H3. The van der Waals surface area contributed by atoms with Gasteiger partial charge in [-0.25, -0.2) is 4.79 Å². The maximum atomic E-state index is 11.5. The molecule has 0 unspecified atom stereocenters. The van der Waals surface area contributed by atoms with Crippen molar-refractivity contribution in [3.05, 3.63) is 23.7 Å². The maximum Gasteiger partial charge on any atom is 0.341 e. The van der Waals surface area contributed by atoms with Crippen molar-refractivity contribution in [2.75, 3.05) is 12.4 Å². The Bertz CT molecular complexity index is 320. The molecule has 0 atom stereocenters. The van der Waals surface area contributed by atoms with Gasteiger partial charge in [0.2, 0.25) is 0 Å². The Morgan fingerprint density at radius 3 is 3.00 bits per heavy atom. The van der Waals surface area contributed by atoms with E-state index in [-0.39, 0.29) is 5.97 Å². The monoisotopic (exact) mass is 242 g/mol. The highest BCUT2D eigenvalue weighted by atomic mass is 32.2. The highest BCUT2D eigenvalue weighted by Crippen LogP contribution is 2.19. The first kappa shape index (κ1) is 13.2. The normalized spacial score (nSPS) is 10.4. The van der Waals surface area contributed by atoms with Gasteiger partial charge in [0, 0.05) is 0 Å². The molecule has 0 spiro atoms. The number of carbonyl (C=O) groups excluding carboxylic acids is 1. The summed E-state index contributed by atoms with van der Waals surface area (Å²) in [7, 11) is 0. The number of hydrogen-bond acceptors (Lipinski definition) is 4. The van der Waals surface area contributed by atoms with E-state index in [0.717, 1.165) is 17.3 Å². The first-order chi connectivity index (χ1) is 7.79. The van der Waals surface area contributed by atoms with Crippen LogP contribution in [0.15, 0.2) is 16.7 Å². The zero-order chi connectivity index (χ0) is 11.8. The van der Waals surface area contributed by atoms with E-state index in [2.05, 4.69) is 6.92 Å². The molecule has 0 bridgehead atoms. The SMILES string of the molecule is CCCCSCc1occc1C(=O)OCC. The molecule has 1 rings (SSSR count). The highest BCUT2D eigenvalue weighted by Gasteiger charge is 2.15. The molecule has 0 fully saturated rings. The summed E-state index contributed by atoms with van der Waals surface area (Å²) in [6, 6.07) is 1.67. The predicted molar refractivity (Wildman–Crippen MR) is 65.7 cm³/mol. The van der Waals surface area contributed by atoms with E-state index in [1.54, 1.807) is 31.0 Å². The first-order valence-electron chi connectivity index (χ1n) is 5.60. The molecule has 0 aliphatic carbocycles. The van der Waals surface area contributed by atoms with Gasteiger partial charge in [-0.05, 0) is 25.2 Å². The summed E-state index contributed by atoms with van der Waals surface area (Å²) in [5, 5.41) is 0. The maximum absolute atomic E-state index is 11.5. The summed E-state index contributed by atoms with van der Waals surface area (Å²) in [6.45, 7) is 4.36. The molecule has 4 heteroatoms. The van der Waals surface area contributed by atoms with Crippen LogP contribution in [-0.2, 0) is 10.5 Å². The lowest BCUT2D eigenvalue weighted by molar-refractivity contribution is 0.0524. The lowest BCUT2D eigenvalue weighted by atomic mass is 10.3. The molecule has 90 valence electrons. The van der Waals surface area contributed by atoms with Gasteiger partial charge in [-0.1, -0.05) is 13.3 Å². The average Bonchev–Trinajstić information content (AvgIpc) is 2.73. The van der Waals surface area contributed by atoms with Crippen LogP contribution >= 0.6 is 11.8 Å². The lowest BCUT2D eigenvalue weighted by Crippen LogP contribution is -2.05. The van der Waals surface area contributed by atoms with Crippen molar-refractivity contribution in [1.29, 1.82) is 0 Å². The van der Waals surface area contributed by atoms with Gasteiger partial charge in [-0.2, -0.15) is 11.8 Å². The number of thioether (sulfide) groups is 1. The number of furan rings is 1. The van der Waals surface area contributed by atoms with Gasteiger partial charge < -0.3 is 9.15 Å². The minimum atomic E-state index is -0.289. The summed E-state index contributed by atoms with van der Waals surface area (Å²) < 4.78 is 10.2. The van der Waals surface area contributed by atoms with Crippen LogP contribution in [0.5, 0.6) is 0 Å². The molecule has 0 saturated carbocycles. The number of rotatable bonds is 7. The third-order valence-corrected chi connectivity index (χ3v) is 3.16. The quantitative estimate of drug-likeness (QED) is 0.542. The Labute approximate surface area is 101 Å². The number of hydrogen-bond donors (Lipinski definition) is 0. The van der Waals surface area contributed by atoms with Gasteiger partial charge in [0.25, 0.3) is 0 Å². The van der Waals surface area contributed by atoms with Crippen LogP contribution in [-0.4, -0.2) is 18.3 Å². The largest absolute Gasteiger partial charge is 0.468 e. The van der Waals surface area contributed by atoms with E-state index >= 15 is 0 Å². The van der Waals surface area contributed by atoms with Crippen LogP contribution in [0.2, 0.25) is 0 Å². The van der Waals surface area contributed by atoms with Crippen LogP contribution < -0.4 is 0 Å². The fraction of sp³-hybridized carbons (Fsp3) is 0.583. The smallest absolute Gasteiger partial charge is 0.341 e. The Kier molecular flexibility index (Phi) is 6.08. The van der Waals surface area contributed by atoms with E-state index in [9.17, 15) is 4.79 Å². The molecule has 0 N–H and O–H groups in total. The molecule has 0 amide bonds. The fourth-order valence-corrected chi connectivity index (χ4v) is 2.30. The van der Waals surface area contributed by atoms with Gasteiger partial charge in [0.05, 0.1) is 18.6 Å². The van der Waals surface area contributed by atoms with Gasteiger partial charge in [0.1, 0.15) is 11.3 Å². The number of carbonyl (C=O) groups is 1. The van der Waals surface area contributed by atoms with Crippen LogP contribution in [0.3, 0.4) is 0 Å². The number of unbranched alkanes of at least 4 members (excludes halogenated alkanes) is 1. The second kappa shape index (κ2) is 7.39. The molecule has 0 saturated heterocycles. The van der Waals surface area contributed by atoms with Gasteiger partial charge >= 0.3 is 5.97 Å².